The zero-order valence-corrected chi connectivity index (χ0v) is 18.1. The van der Waals surface area contributed by atoms with Gasteiger partial charge in [-0.25, -0.2) is 9.59 Å². The Morgan fingerprint density at radius 3 is 2.37 bits per heavy atom. The number of carboxylic acids is 1. The fourth-order valence-corrected chi connectivity index (χ4v) is 3.31. The molecule has 0 aliphatic rings. The normalized spacial score (nSPS) is 11.4. The highest BCUT2D eigenvalue weighted by Gasteiger charge is 2.23. The highest BCUT2D eigenvalue weighted by molar-refractivity contribution is 7.08. The number of amides is 3. The second kappa shape index (κ2) is 10.5. The molecule has 8 nitrogen and oxygen atoms in total. The molecule has 0 unspecified atom stereocenters. The molecule has 0 aliphatic heterocycles. The minimum absolute atomic E-state index is 0.00633. The number of benzene rings is 1. The van der Waals surface area contributed by atoms with Crippen LogP contribution in [0.15, 0.2) is 18.2 Å². The van der Waals surface area contributed by atoms with E-state index < -0.39 is 23.9 Å². The van der Waals surface area contributed by atoms with Gasteiger partial charge in [0.2, 0.25) is 0 Å². The van der Waals surface area contributed by atoms with Crippen LogP contribution in [-0.4, -0.2) is 41.7 Å². The van der Waals surface area contributed by atoms with E-state index in [1.807, 2.05) is 13.8 Å². The Morgan fingerprint density at radius 2 is 1.83 bits per heavy atom. The van der Waals surface area contributed by atoms with Gasteiger partial charge >= 0.3 is 12.0 Å². The van der Waals surface area contributed by atoms with E-state index in [2.05, 4.69) is 27.4 Å². The topological polar surface area (TPSA) is 117 Å². The van der Waals surface area contributed by atoms with Crippen LogP contribution in [0.3, 0.4) is 0 Å². The molecular formula is C21H25N3O5S. The van der Waals surface area contributed by atoms with Crippen LogP contribution in [0, 0.1) is 25.3 Å². The van der Waals surface area contributed by atoms with Crippen LogP contribution in [0.25, 0.3) is 0 Å². The Balaban J connectivity index is 1.98. The number of ether oxygens (including phenoxy) is 1. The predicted octanol–water partition coefficient (Wildman–Crippen LogP) is 2.43. The second-order valence-electron chi connectivity index (χ2n) is 6.99. The van der Waals surface area contributed by atoms with Gasteiger partial charge in [0.25, 0.3) is 5.91 Å². The van der Waals surface area contributed by atoms with Crippen molar-refractivity contribution in [1.82, 2.24) is 16.0 Å². The number of carbonyl (C=O) groups is 3. The summed E-state index contributed by atoms with van der Waals surface area (Å²) in [4.78, 5) is 37.0. The van der Waals surface area contributed by atoms with Crippen molar-refractivity contribution in [2.24, 2.45) is 0 Å². The molecule has 0 saturated heterocycles. The first kappa shape index (κ1) is 23.0. The van der Waals surface area contributed by atoms with Gasteiger partial charge in [-0.05, 0) is 56.3 Å². The van der Waals surface area contributed by atoms with Crippen molar-refractivity contribution in [3.05, 3.63) is 51.2 Å². The molecule has 0 bridgehead atoms. The number of aryl methyl sites for hydroxylation is 2. The maximum Gasteiger partial charge on any atom is 0.328 e. The van der Waals surface area contributed by atoms with Gasteiger partial charge < -0.3 is 25.8 Å². The summed E-state index contributed by atoms with van der Waals surface area (Å²) >= 11 is 1.32. The number of rotatable bonds is 9. The Morgan fingerprint density at radius 1 is 1.17 bits per heavy atom. The SMILES string of the molecule is Cc1cc(OC(C)C)cc(C)c1C(=O)N[C@@H](CNC(=O)NCc1cc#cs1)C(=O)O. The number of urea groups is 1. The summed E-state index contributed by atoms with van der Waals surface area (Å²) in [5.41, 5.74) is 1.72. The average molecular weight is 432 g/mol. The van der Waals surface area contributed by atoms with Crippen LogP contribution in [0.5, 0.6) is 5.75 Å². The lowest BCUT2D eigenvalue weighted by atomic mass is 10.0. The number of hydrogen-bond acceptors (Lipinski definition) is 5. The summed E-state index contributed by atoms with van der Waals surface area (Å²) in [6.45, 7) is 7.35. The quantitative estimate of drug-likeness (QED) is 0.487. The van der Waals surface area contributed by atoms with Gasteiger partial charge in [-0.3, -0.25) is 4.79 Å². The number of aliphatic carboxylic acids is 1. The van der Waals surface area contributed by atoms with Crippen LogP contribution in [0.2, 0.25) is 0 Å². The van der Waals surface area contributed by atoms with Gasteiger partial charge in [0.1, 0.15) is 11.8 Å². The van der Waals surface area contributed by atoms with Crippen molar-refractivity contribution in [3.63, 3.8) is 0 Å². The fraction of sp³-hybridized carbons (Fsp3) is 0.381. The lowest BCUT2D eigenvalue weighted by Gasteiger charge is -2.18. The maximum absolute atomic E-state index is 12.7. The first-order chi connectivity index (χ1) is 14.2. The molecule has 0 saturated carbocycles. The molecule has 3 amide bonds. The number of carboxylic acid groups (broad SMARTS) is 1. The number of hydrogen-bond donors (Lipinski definition) is 4. The van der Waals surface area contributed by atoms with E-state index in [9.17, 15) is 19.5 Å². The van der Waals surface area contributed by atoms with Crippen molar-refractivity contribution < 1.29 is 24.2 Å². The smallest absolute Gasteiger partial charge is 0.328 e. The monoisotopic (exact) mass is 431 g/mol. The highest BCUT2D eigenvalue weighted by Crippen LogP contribution is 2.23. The zero-order valence-electron chi connectivity index (χ0n) is 17.3. The van der Waals surface area contributed by atoms with Crippen molar-refractivity contribution in [2.75, 3.05) is 6.54 Å². The van der Waals surface area contributed by atoms with Crippen LogP contribution in [0.1, 0.15) is 40.2 Å². The van der Waals surface area contributed by atoms with E-state index in [4.69, 9.17) is 4.74 Å². The minimum atomic E-state index is -1.28. The van der Waals surface area contributed by atoms with Crippen molar-refractivity contribution in [3.8, 4) is 5.75 Å². The Bertz CT molecular complexity index is 873. The molecule has 0 fully saturated rings. The average Bonchev–Trinajstić information content (AvgIpc) is 3.15. The summed E-state index contributed by atoms with van der Waals surface area (Å²) in [5, 5.41) is 19.8. The zero-order chi connectivity index (χ0) is 22.3. The first-order valence-corrected chi connectivity index (χ1v) is 10.2. The van der Waals surface area contributed by atoms with Gasteiger partial charge in [-0.2, -0.15) is 0 Å². The van der Waals surface area contributed by atoms with Gasteiger partial charge in [0.05, 0.1) is 19.2 Å². The molecule has 1 heterocycles. The van der Waals surface area contributed by atoms with E-state index in [-0.39, 0.29) is 19.2 Å². The molecule has 2 rings (SSSR count). The first-order valence-electron chi connectivity index (χ1n) is 9.37. The molecule has 0 aliphatic carbocycles. The molecule has 1 aromatic carbocycles. The van der Waals surface area contributed by atoms with E-state index >= 15 is 0 Å². The van der Waals surface area contributed by atoms with E-state index in [0.29, 0.717) is 22.4 Å². The number of nitrogens with one attached hydrogen (secondary N) is 3. The third-order valence-corrected chi connectivity index (χ3v) is 4.82. The minimum Gasteiger partial charge on any atom is -0.491 e. The maximum atomic E-state index is 12.7. The molecule has 30 heavy (non-hydrogen) atoms. The summed E-state index contributed by atoms with van der Waals surface area (Å²) in [5.74, 6) is -1.13. The summed E-state index contributed by atoms with van der Waals surface area (Å²) in [6.07, 6.45) is -0.00633. The van der Waals surface area contributed by atoms with Crippen molar-refractivity contribution >= 4 is 29.2 Å². The third-order valence-electron chi connectivity index (χ3n) is 4.07. The lowest BCUT2D eigenvalue weighted by molar-refractivity contribution is -0.139. The molecule has 0 spiro atoms. The Labute approximate surface area is 179 Å². The molecule has 2 aromatic rings. The summed E-state index contributed by atoms with van der Waals surface area (Å²) in [7, 11) is 0. The molecule has 9 heteroatoms. The molecule has 1 atom stereocenters. The van der Waals surface area contributed by atoms with Gasteiger partial charge in [0.15, 0.2) is 0 Å². The van der Waals surface area contributed by atoms with Gasteiger partial charge in [-0.15, -0.1) is 0 Å². The molecular weight excluding hydrogens is 406 g/mol. The summed E-state index contributed by atoms with van der Waals surface area (Å²) < 4.78 is 5.66. The van der Waals surface area contributed by atoms with E-state index in [1.165, 1.54) is 11.3 Å². The molecule has 160 valence electrons. The van der Waals surface area contributed by atoms with E-state index in [1.54, 1.807) is 32.0 Å². The fourth-order valence-electron chi connectivity index (χ4n) is 2.80. The summed E-state index contributed by atoms with van der Waals surface area (Å²) in [6, 6.07) is 6.13. The van der Waals surface area contributed by atoms with Gasteiger partial charge in [0, 0.05) is 16.5 Å². The third kappa shape index (κ3) is 6.67. The Hall–Kier alpha value is -3.25. The largest absolute Gasteiger partial charge is 0.491 e. The standard InChI is InChI=1S/C21H25N3O5S/c1-12(2)29-15-8-13(3)18(14(4)9-15)19(25)24-17(20(26)27)11-23-21(28)22-10-16-6-5-7-30-16/h6,8-9,12,17H,10-11H2,1-4H3,(H,24,25)(H,26,27)(H2,22,23,28)/t17-/m0/s1. The second-order valence-corrected chi connectivity index (χ2v) is 7.92. The molecule has 4 N–H and O–H groups in total. The van der Waals surface area contributed by atoms with Gasteiger partial charge in [-0.1, -0.05) is 17.4 Å². The molecule has 0 radical (unpaired) electrons. The van der Waals surface area contributed by atoms with Crippen LogP contribution >= 0.6 is 11.3 Å². The van der Waals surface area contributed by atoms with E-state index in [0.717, 1.165) is 4.88 Å². The van der Waals surface area contributed by atoms with Crippen molar-refractivity contribution in [2.45, 2.75) is 46.4 Å². The van der Waals surface area contributed by atoms with Crippen LogP contribution in [-0.2, 0) is 11.3 Å². The highest BCUT2D eigenvalue weighted by atomic mass is 32.1. The number of carbonyl (C=O) groups excluding carboxylic acids is 2. The van der Waals surface area contributed by atoms with Crippen LogP contribution < -0.4 is 20.7 Å². The Kier molecular flexibility index (Phi) is 8.07. The van der Waals surface area contributed by atoms with Crippen molar-refractivity contribution in [1.29, 1.82) is 0 Å². The van der Waals surface area contributed by atoms with Crippen LogP contribution in [0.4, 0.5) is 4.79 Å². The lowest BCUT2D eigenvalue weighted by Crippen LogP contribution is -2.50. The predicted molar refractivity (Wildman–Crippen MR) is 113 cm³/mol. The molecule has 1 aromatic heterocycles.